The molecule has 0 aromatic carbocycles. The van der Waals surface area contributed by atoms with Crippen molar-refractivity contribution in [2.75, 3.05) is 13.2 Å². The molecule has 1 N–H and O–H groups in total. The fourth-order valence-corrected chi connectivity index (χ4v) is 2.52. The van der Waals surface area contributed by atoms with Gasteiger partial charge in [0, 0.05) is 18.8 Å². The first-order valence-corrected chi connectivity index (χ1v) is 7.09. The van der Waals surface area contributed by atoms with Crippen LogP contribution in [0.25, 0.3) is 0 Å². The van der Waals surface area contributed by atoms with Crippen LogP contribution in [0.4, 0.5) is 0 Å². The lowest BCUT2D eigenvalue weighted by Gasteiger charge is -2.27. The molecule has 2 heterocycles. The predicted molar refractivity (Wildman–Crippen MR) is 77.2 cm³/mol. The van der Waals surface area contributed by atoms with E-state index in [0.29, 0.717) is 11.3 Å². The number of rotatable bonds is 1. The molecule has 1 aromatic rings. The van der Waals surface area contributed by atoms with Gasteiger partial charge in [0.2, 0.25) is 0 Å². The molecule has 106 valence electrons. The third kappa shape index (κ3) is 3.37. The van der Waals surface area contributed by atoms with E-state index in [1.165, 1.54) is 12.8 Å². The zero-order chi connectivity index (χ0) is 14.4. The third-order valence-electron chi connectivity index (χ3n) is 3.63. The zero-order valence-corrected chi connectivity index (χ0v) is 11.8. The van der Waals surface area contributed by atoms with Gasteiger partial charge in [0.25, 0.3) is 5.91 Å². The highest BCUT2D eigenvalue weighted by molar-refractivity contribution is 5.95. The van der Waals surface area contributed by atoms with Crippen LogP contribution in [0.15, 0.2) is 18.3 Å². The molecule has 1 aromatic heterocycles. The highest BCUT2D eigenvalue weighted by atomic mass is 16.2. The molecule has 4 nitrogen and oxygen atoms in total. The molecule has 1 saturated heterocycles. The topological polar surface area (TPSA) is 53.4 Å². The molecule has 1 aliphatic heterocycles. The number of aliphatic hydroxyl groups excluding tert-OH is 1. The fraction of sp³-hybridized carbons (Fsp3) is 0.500. The summed E-state index contributed by atoms with van der Waals surface area (Å²) in [5.41, 5.74) is 0.977. The number of aromatic nitrogens is 1. The summed E-state index contributed by atoms with van der Waals surface area (Å²) in [4.78, 5) is 18.8. The molecule has 1 aliphatic rings. The fourth-order valence-electron chi connectivity index (χ4n) is 2.52. The van der Waals surface area contributed by atoms with E-state index < -0.39 is 0 Å². The number of hydrogen-bond acceptors (Lipinski definition) is 3. The van der Waals surface area contributed by atoms with Crippen LogP contribution in [0, 0.1) is 11.8 Å². The second-order valence-corrected chi connectivity index (χ2v) is 5.06. The maximum Gasteiger partial charge on any atom is 0.273 e. The van der Waals surface area contributed by atoms with E-state index in [-0.39, 0.29) is 18.6 Å². The zero-order valence-electron chi connectivity index (χ0n) is 11.8. The highest BCUT2D eigenvalue weighted by Gasteiger charge is 2.25. The maximum atomic E-state index is 12.7. The number of pyridine rings is 1. The summed E-state index contributed by atoms with van der Waals surface area (Å²) >= 11 is 0. The van der Waals surface area contributed by atoms with Crippen LogP contribution in [0.1, 0.15) is 48.7 Å². The Bertz CT molecular complexity index is 531. The van der Waals surface area contributed by atoms with E-state index in [1.807, 2.05) is 4.90 Å². The molecule has 0 bridgehead atoms. The Kier molecular flexibility index (Phi) is 5.14. The van der Waals surface area contributed by atoms with E-state index in [9.17, 15) is 4.79 Å². The van der Waals surface area contributed by atoms with E-state index in [2.05, 4.69) is 23.7 Å². The summed E-state index contributed by atoms with van der Waals surface area (Å²) in [5.74, 6) is 5.33. The number of carbonyl (C=O) groups is 1. The molecule has 4 heteroatoms. The molecule has 0 aliphatic carbocycles. The molecular weight excluding hydrogens is 252 g/mol. The minimum atomic E-state index is -0.220. The first kappa shape index (κ1) is 14.5. The molecule has 1 unspecified atom stereocenters. The Hall–Kier alpha value is -1.86. The monoisotopic (exact) mass is 272 g/mol. The first-order valence-electron chi connectivity index (χ1n) is 7.09. The van der Waals surface area contributed by atoms with Gasteiger partial charge in [0.05, 0.1) is 5.56 Å². The molecule has 1 amide bonds. The third-order valence-corrected chi connectivity index (χ3v) is 3.63. The average Bonchev–Trinajstić information content (AvgIpc) is 2.69. The van der Waals surface area contributed by atoms with Crippen molar-refractivity contribution in [2.24, 2.45) is 0 Å². The molecule has 20 heavy (non-hydrogen) atoms. The van der Waals surface area contributed by atoms with Crippen LogP contribution in [-0.4, -0.2) is 40.1 Å². The lowest BCUT2D eigenvalue weighted by atomic mass is 10.1. The van der Waals surface area contributed by atoms with Crippen LogP contribution in [0.3, 0.4) is 0 Å². The summed E-state index contributed by atoms with van der Waals surface area (Å²) in [6, 6.07) is 3.76. The molecule has 1 atom stereocenters. The number of likely N-dealkylation sites (tertiary alicyclic amines) is 1. The van der Waals surface area contributed by atoms with Crippen LogP contribution < -0.4 is 0 Å². The van der Waals surface area contributed by atoms with Gasteiger partial charge in [-0.15, -0.1) is 0 Å². The van der Waals surface area contributed by atoms with Gasteiger partial charge < -0.3 is 10.0 Å². The summed E-state index contributed by atoms with van der Waals surface area (Å²) in [6.07, 6.45) is 6.04. The van der Waals surface area contributed by atoms with Gasteiger partial charge in [-0.25, -0.2) is 4.98 Å². The largest absolute Gasteiger partial charge is 0.384 e. The Morgan fingerprint density at radius 2 is 2.35 bits per heavy atom. The summed E-state index contributed by atoms with van der Waals surface area (Å²) < 4.78 is 0. The Balaban J connectivity index is 2.28. The average molecular weight is 272 g/mol. The van der Waals surface area contributed by atoms with Gasteiger partial charge in [0.15, 0.2) is 0 Å². The van der Waals surface area contributed by atoms with Crippen LogP contribution in [0.5, 0.6) is 0 Å². The SMILES string of the molecule is CC1CCCCCN1C(=O)c1ncccc1C#CCO. The van der Waals surface area contributed by atoms with Crippen molar-refractivity contribution in [3.63, 3.8) is 0 Å². The number of amides is 1. The number of nitrogens with zero attached hydrogens (tertiary/aromatic N) is 2. The van der Waals surface area contributed by atoms with E-state index >= 15 is 0 Å². The van der Waals surface area contributed by atoms with Crippen molar-refractivity contribution in [3.05, 3.63) is 29.6 Å². The number of hydrogen-bond donors (Lipinski definition) is 1. The van der Waals surface area contributed by atoms with Crippen LogP contribution >= 0.6 is 0 Å². The van der Waals surface area contributed by atoms with Crippen LogP contribution in [-0.2, 0) is 0 Å². The first-order chi connectivity index (χ1) is 9.74. The van der Waals surface area contributed by atoms with Crippen molar-refractivity contribution in [1.82, 2.24) is 9.88 Å². The second-order valence-electron chi connectivity index (χ2n) is 5.06. The van der Waals surface area contributed by atoms with Gasteiger partial charge in [-0.1, -0.05) is 24.7 Å². The number of carbonyl (C=O) groups excluding carboxylic acids is 1. The van der Waals surface area contributed by atoms with Crippen molar-refractivity contribution in [2.45, 2.75) is 38.6 Å². The standard InChI is InChI=1S/C16H20N2O2/c1-13-7-3-2-4-11-18(13)16(20)15-14(9-6-12-19)8-5-10-17-15/h5,8,10,13,19H,2-4,7,11-12H2,1H3. The van der Waals surface area contributed by atoms with Gasteiger partial charge in [0.1, 0.15) is 12.3 Å². The van der Waals surface area contributed by atoms with Crippen LogP contribution in [0.2, 0.25) is 0 Å². The number of aliphatic hydroxyl groups is 1. The van der Waals surface area contributed by atoms with Gasteiger partial charge >= 0.3 is 0 Å². The molecular formula is C16H20N2O2. The van der Waals surface area contributed by atoms with E-state index in [0.717, 1.165) is 19.4 Å². The highest BCUT2D eigenvalue weighted by Crippen LogP contribution is 2.19. The Morgan fingerprint density at radius 1 is 1.50 bits per heavy atom. The molecule has 1 fully saturated rings. The van der Waals surface area contributed by atoms with Crippen molar-refractivity contribution < 1.29 is 9.90 Å². The minimum absolute atomic E-state index is 0.0535. The summed E-state index contributed by atoms with van der Waals surface area (Å²) in [6.45, 7) is 2.65. The van der Waals surface area contributed by atoms with Crippen molar-refractivity contribution in [3.8, 4) is 11.8 Å². The lowest BCUT2D eigenvalue weighted by molar-refractivity contribution is 0.0691. The smallest absolute Gasteiger partial charge is 0.273 e. The van der Waals surface area contributed by atoms with E-state index in [4.69, 9.17) is 5.11 Å². The maximum absolute atomic E-state index is 12.7. The van der Waals surface area contributed by atoms with Gasteiger partial charge in [-0.05, 0) is 31.9 Å². The molecule has 0 spiro atoms. The molecule has 0 saturated carbocycles. The summed E-state index contributed by atoms with van der Waals surface area (Å²) in [7, 11) is 0. The van der Waals surface area contributed by atoms with E-state index in [1.54, 1.807) is 18.3 Å². The van der Waals surface area contributed by atoms with Gasteiger partial charge in [-0.2, -0.15) is 0 Å². The quantitative estimate of drug-likeness (QED) is 0.794. The van der Waals surface area contributed by atoms with Crippen molar-refractivity contribution in [1.29, 1.82) is 0 Å². The normalized spacial score (nSPS) is 18.9. The lowest BCUT2D eigenvalue weighted by Crippen LogP contribution is -2.39. The summed E-state index contributed by atoms with van der Waals surface area (Å²) in [5, 5.41) is 8.80. The second kappa shape index (κ2) is 7.06. The van der Waals surface area contributed by atoms with Crippen molar-refractivity contribution >= 4 is 5.91 Å². The minimum Gasteiger partial charge on any atom is -0.384 e. The van der Waals surface area contributed by atoms with Gasteiger partial charge in [-0.3, -0.25) is 4.79 Å². The molecule has 2 rings (SSSR count). The molecule has 0 radical (unpaired) electrons. The Labute approximate surface area is 119 Å². The predicted octanol–water partition coefficient (Wildman–Crippen LogP) is 1.83. The Morgan fingerprint density at radius 3 is 3.15 bits per heavy atom.